The molecule has 0 bridgehead atoms. The highest BCUT2D eigenvalue weighted by Crippen LogP contribution is 2.13. The zero-order valence-corrected chi connectivity index (χ0v) is 22.5. The summed E-state index contributed by atoms with van der Waals surface area (Å²) in [6.45, 7) is 10.9. The number of carbonyl (C=O) groups is 1. The van der Waals surface area contributed by atoms with Gasteiger partial charge in [-0.2, -0.15) is 0 Å². The maximum absolute atomic E-state index is 10.6. The van der Waals surface area contributed by atoms with E-state index < -0.39 is 0 Å². The quantitative estimate of drug-likeness (QED) is 0.105. The number of hydrogen-bond donors (Lipinski definition) is 0. The molecule has 0 spiro atoms. The van der Waals surface area contributed by atoms with E-state index in [1.165, 1.54) is 6.92 Å². The van der Waals surface area contributed by atoms with E-state index in [1.807, 2.05) is 0 Å². The van der Waals surface area contributed by atoms with Crippen LogP contribution in [0.3, 0.4) is 0 Å². The Bertz CT molecular complexity index is 477. The summed E-state index contributed by atoms with van der Waals surface area (Å²) in [4.78, 5) is 10.6. The lowest BCUT2D eigenvalue weighted by Crippen LogP contribution is -2.24. The summed E-state index contributed by atoms with van der Waals surface area (Å²) in [5.74, 6) is -0.308. The third-order valence-electron chi connectivity index (χ3n) is 4.81. The molecule has 1 atom stereocenters. The molecule has 0 aliphatic carbocycles. The van der Waals surface area contributed by atoms with E-state index in [9.17, 15) is 4.79 Å². The first-order valence-electron chi connectivity index (χ1n) is 13.3. The monoisotopic (exact) mass is 540 g/mol. The summed E-state index contributed by atoms with van der Waals surface area (Å²) in [6, 6.07) is 0. The maximum atomic E-state index is 10.6. The van der Waals surface area contributed by atoms with Gasteiger partial charge >= 0.3 is 5.97 Å². The third-order valence-corrected chi connectivity index (χ3v) is 4.81. The second kappa shape index (κ2) is 28.1. The van der Waals surface area contributed by atoms with E-state index in [0.29, 0.717) is 112 Å². The van der Waals surface area contributed by atoms with Crippen molar-refractivity contribution >= 4 is 5.97 Å². The second-order valence-electron chi connectivity index (χ2n) is 7.91. The fourth-order valence-electron chi connectivity index (χ4n) is 2.97. The number of hydrogen-bond acceptors (Lipinski definition) is 12. The third kappa shape index (κ3) is 26.5. The molecule has 0 N–H and O–H groups in total. The Labute approximate surface area is 221 Å². The van der Waals surface area contributed by atoms with Crippen LogP contribution in [0.4, 0.5) is 0 Å². The van der Waals surface area contributed by atoms with Crippen molar-refractivity contribution in [1.82, 2.24) is 0 Å². The number of carbonyl (C=O) groups excluding carboxylic acids is 1. The molecule has 0 aromatic heterocycles. The first-order valence-corrected chi connectivity index (χ1v) is 13.3. The summed E-state index contributed by atoms with van der Waals surface area (Å²) in [5.41, 5.74) is 0. The molecule has 12 nitrogen and oxygen atoms in total. The molecule has 1 aliphatic heterocycles. The van der Waals surface area contributed by atoms with Crippen LogP contribution in [0.1, 0.15) is 26.2 Å². The average Bonchev–Trinajstić information content (AvgIpc) is 2.90. The van der Waals surface area contributed by atoms with Crippen LogP contribution in [0.2, 0.25) is 0 Å². The van der Waals surface area contributed by atoms with Gasteiger partial charge < -0.3 is 52.1 Å². The highest BCUT2D eigenvalue weighted by atomic mass is 16.7. The van der Waals surface area contributed by atoms with Crippen molar-refractivity contribution in [3.05, 3.63) is 0 Å². The zero-order chi connectivity index (χ0) is 26.5. The maximum Gasteiger partial charge on any atom is 0.302 e. The lowest BCUT2D eigenvalue weighted by molar-refractivity contribution is -0.169. The molecule has 1 saturated heterocycles. The molecule has 0 saturated carbocycles. The number of rotatable bonds is 28. The van der Waals surface area contributed by atoms with Crippen LogP contribution in [0.25, 0.3) is 0 Å². The summed E-state index contributed by atoms with van der Waals surface area (Å²) in [6.07, 6.45) is 3.19. The zero-order valence-electron chi connectivity index (χ0n) is 22.5. The lowest BCUT2D eigenvalue weighted by Gasteiger charge is -2.22. The van der Waals surface area contributed by atoms with Gasteiger partial charge in [-0.15, -0.1) is 0 Å². The Morgan fingerprint density at radius 3 is 1.22 bits per heavy atom. The lowest BCUT2D eigenvalue weighted by atomic mass is 10.2. The van der Waals surface area contributed by atoms with Crippen molar-refractivity contribution in [2.45, 2.75) is 32.5 Å². The largest absolute Gasteiger partial charge is 0.463 e. The topological polar surface area (TPSA) is 119 Å². The van der Waals surface area contributed by atoms with Crippen LogP contribution < -0.4 is 0 Å². The van der Waals surface area contributed by atoms with E-state index in [4.69, 9.17) is 52.1 Å². The molecule has 1 unspecified atom stereocenters. The van der Waals surface area contributed by atoms with Gasteiger partial charge in [-0.25, -0.2) is 0 Å². The van der Waals surface area contributed by atoms with Gasteiger partial charge in [-0.05, 0) is 19.3 Å². The molecule has 37 heavy (non-hydrogen) atoms. The molecule has 0 aromatic carbocycles. The van der Waals surface area contributed by atoms with Gasteiger partial charge in [0.05, 0.1) is 112 Å². The molecular weight excluding hydrogens is 492 g/mol. The van der Waals surface area contributed by atoms with Gasteiger partial charge in [0.1, 0.15) is 6.61 Å². The minimum atomic E-state index is -0.308. The Balaban J connectivity index is 1.62. The first kappa shape index (κ1) is 34.1. The predicted molar refractivity (Wildman–Crippen MR) is 133 cm³/mol. The molecular formula is C25H48O12. The summed E-state index contributed by atoms with van der Waals surface area (Å²) >= 11 is 0. The molecule has 0 amide bonds. The number of esters is 1. The van der Waals surface area contributed by atoms with Crippen LogP contribution in [-0.2, 0) is 56.9 Å². The average molecular weight is 541 g/mol. The summed E-state index contributed by atoms with van der Waals surface area (Å²) in [7, 11) is 0. The smallest absolute Gasteiger partial charge is 0.302 e. The van der Waals surface area contributed by atoms with Crippen molar-refractivity contribution in [3.63, 3.8) is 0 Å². The van der Waals surface area contributed by atoms with E-state index >= 15 is 0 Å². The molecule has 1 heterocycles. The second-order valence-corrected chi connectivity index (χ2v) is 7.91. The molecule has 12 heteroatoms. The van der Waals surface area contributed by atoms with Gasteiger partial charge in [-0.3, -0.25) is 4.79 Å². The van der Waals surface area contributed by atoms with Crippen molar-refractivity contribution in [3.8, 4) is 0 Å². The van der Waals surface area contributed by atoms with Gasteiger partial charge in [0.2, 0.25) is 0 Å². The Kier molecular flexibility index (Phi) is 25.9. The van der Waals surface area contributed by atoms with Crippen molar-refractivity contribution in [2.24, 2.45) is 0 Å². The molecule has 220 valence electrons. The summed E-state index contributed by atoms with van der Waals surface area (Å²) < 4.78 is 59.1. The molecule has 1 aliphatic rings. The van der Waals surface area contributed by atoms with E-state index in [2.05, 4.69) is 0 Å². The van der Waals surface area contributed by atoms with E-state index in [1.54, 1.807) is 0 Å². The molecule has 0 radical (unpaired) electrons. The number of ether oxygens (including phenoxy) is 11. The Morgan fingerprint density at radius 2 is 0.892 bits per heavy atom. The van der Waals surface area contributed by atoms with Gasteiger partial charge in [0.15, 0.2) is 6.29 Å². The first-order chi connectivity index (χ1) is 18.3. The predicted octanol–water partition coefficient (Wildman–Crippen LogP) is 1.23. The molecule has 0 aromatic rings. The van der Waals surface area contributed by atoms with Crippen molar-refractivity contribution in [2.75, 3.05) is 126 Å². The van der Waals surface area contributed by atoms with Crippen LogP contribution in [0, 0.1) is 0 Å². The molecule has 1 rings (SSSR count). The highest BCUT2D eigenvalue weighted by molar-refractivity contribution is 5.65. The molecule has 1 fully saturated rings. The Hall–Kier alpha value is -0.930. The van der Waals surface area contributed by atoms with Gasteiger partial charge in [-0.1, -0.05) is 0 Å². The van der Waals surface area contributed by atoms with Crippen LogP contribution >= 0.6 is 0 Å². The minimum absolute atomic E-state index is 0.0653. The van der Waals surface area contributed by atoms with E-state index in [-0.39, 0.29) is 18.9 Å². The fourth-order valence-corrected chi connectivity index (χ4v) is 2.97. The van der Waals surface area contributed by atoms with E-state index in [0.717, 1.165) is 25.9 Å². The van der Waals surface area contributed by atoms with Gasteiger partial charge in [0, 0.05) is 13.5 Å². The highest BCUT2D eigenvalue weighted by Gasteiger charge is 2.13. The summed E-state index contributed by atoms with van der Waals surface area (Å²) in [5, 5.41) is 0. The fraction of sp³-hybridized carbons (Fsp3) is 0.960. The van der Waals surface area contributed by atoms with Crippen LogP contribution in [0.5, 0.6) is 0 Å². The standard InChI is InChI=1S/C25H48O12/c1-24(26)35-22-20-33-18-16-31-14-12-29-10-8-27-6-7-28-9-11-30-13-15-32-17-19-34-21-23-37-25-4-2-3-5-36-25/h25H,2-23H2,1H3. The minimum Gasteiger partial charge on any atom is -0.463 e. The van der Waals surface area contributed by atoms with Gasteiger partial charge in [0.25, 0.3) is 0 Å². The van der Waals surface area contributed by atoms with Crippen molar-refractivity contribution in [1.29, 1.82) is 0 Å². The van der Waals surface area contributed by atoms with Crippen LogP contribution in [0.15, 0.2) is 0 Å². The van der Waals surface area contributed by atoms with Crippen molar-refractivity contribution < 1.29 is 56.9 Å². The normalized spacial score (nSPS) is 15.8. The van der Waals surface area contributed by atoms with Crippen LogP contribution in [-0.4, -0.2) is 138 Å². The Morgan fingerprint density at radius 1 is 0.541 bits per heavy atom. The SMILES string of the molecule is CC(=O)OCCOCCOCCOCCOCCOCCOCCOCCOCCOC1CCCCO1.